The molecule has 1 atom stereocenters. The first-order chi connectivity index (χ1) is 6.75. The number of hydrogen-bond donors (Lipinski definition) is 2. The van der Waals surface area contributed by atoms with Crippen molar-refractivity contribution in [2.75, 3.05) is 0 Å². The summed E-state index contributed by atoms with van der Waals surface area (Å²) in [7, 11) is 0. The van der Waals surface area contributed by atoms with Gasteiger partial charge in [-0.05, 0) is 31.9 Å². The van der Waals surface area contributed by atoms with Crippen molar-refractivity contribution in [1.82, 2.24) is 10.6 Å². The number of allylic oxidation sites excluding steroid dienone is 1. The number of hydrogen-bond acceptors (Lipinski definition) is 3. The van der Waals surface area contributed by atoms with Crippen LogP contribution in [0.5, 0.6) is 0 Å². The molecule has 4 heteroatoms. The van der Waals surface area contributed by atoms with Gasteiger partial charge in [-0.3, -0.25) is 14.9 Å². The summed E-state index contributed by atoms with van der Waals surface area (Å²) in [6, 6.07) is -0.221. The molecule has 1 heterocycles. The minimum atomic E-state index is -0.221. The second-order valence-corrected chi connectivity index (χ2v) is 3.83. The van der Waals surface area contributed by atoms with E-state index in [9.17, 15) is 9.59 Å². The third kappa shape index (κ3) is 1.95. The summed E-state index contributed by atoms with van der Waals surface area (Å²) in [5, 5.41) is 5.39. The number of carbonyl (C=O) groups is 2. The first-order valence-corrected chi connectivity index (χ1v) is 5.03. The maximum Gasteiger partial charge on any atom is 0.249 e. The molecular formula is C10H14N2O2. The van der Waals surface area contributed by atoms with Gasteiger partial charge in [-0.15, -0.1) is 0 Å². The predicted molar refractivity (Wildman–Crippen MR) is 51.2 cm³/mol. The van der Waals surface area contributed by atoms with Gasteiger partial charge in [0.2, 0.25) is 11.8 Å². The van der Waals surface area contributed by atoms with Gasteiger partial charge in [-0.2, -0.15) is 0 Å². The average molecular weight is 194 g/mol. The van der Waals surface area contributed by atoms with Crippen molar-refractivity contribution in [3.63, 3.8) is 0 Å². The molecule has 1 aliphatic heterocycles. The number of piperidine rings is 1. The molecule has 2 aliphatic rings. The highest BCUT2D eigenvalue weighted by Crippen LogP contribution is 2.24. The topological polar surface area (TPSA) is 58.2 Å². The number of nitrogens with one attached hydrogen (secondary N) is 2. The van der Waals surface area contributed by atoms with E-state index in [1.165, 1.54) is 12.0 Å². The lowest BCUT2D eigenvalue weighted by Gasteiger charge is -2.23. The van der Waals surface area contributed by atoms with Crippen LogP contribution in [-0.4, -0.2) is 17.9 Å². The molecule has 0 spiro atoms. The summed E-state index contributed by atoms with van der Waals surface area (Å²) in [4.78, 5) is 22.1. The van der Waals surface area contributed by atoms with Gasteiger partial charge in [0, 0.05) is 6.42 Å². The highest BCUT2D eigenvalue weighted by molar-refractivity contribution is 6.00. The fraction of sp³-hybridized carbons (Fsp3) is 0.600. The zero-order valence-electron chi connectivity index (χ0n) is 8.01. The zero-order chi connectivity index (χ0) is 9.97. The molecule has 76 valence electrons. The SMILES string of the molecule is O=C1CCC(NC=C2CCC2)C(=O)N1. The maximum absolute atomic E-state index is 11.3. The molecule has 1 saturated carbocycles. The third-order valence-corrected chi connectivity index (χ3v) is 2.72. The second-order valence-electron chi connectivity index (χ2n) is 3.83. The normalized spacial score (nSPS) is 26.6. The van der Waals surface area contributed by atoms with E-state index in [1.54, 1.807) is 0 Å². The first kappa shape index (κ1) is 9.24. The molecule has 1 saturated heterocycles. The Morgan fingerprint density at radius 2 is 2.07 bits per heavy atom. The molecule has 2 amide bonds. The average Bonchev–Trinajstić information content (AvgIpc) is 2.05. The van der Waals surface area contributed by atoms with Gasteiger partial charge in [-0.1, -0.05) is 5.57 Å². The lowest BCUT2D eigenvalue weighted by Crippen LogP contribution is -2.49. The van der Waals surface area contributed by atoms with Crippen molar-refractivity contribution in [2.24, 2.45) is 0 Å². The van der Waals surface area contributed by atoms with Crippen molar-refractivity contribution in [3.8, 4) is 0 Å². The van der Waals surface area contributed by atoms with Gasteiger partial charge in [0.15, 0.2) is 0 Å². The molecule has 1 aliphatic carbocycles. The Morgan fingerprint density at radius 1 is 1.29 bits per heavy atom. The number of carbonyl (C=O) groups excluding carboxylic acids is 2. The van der Waals surface area contributed by atoms with Crippen LogP contribution in [0.1, 0.15) is 32.1 Å². The third-order valence-electron chi connectivity index (χ3n) is 2.72. The molecule has 2 fully saturated rings. The van der Waals surface area contributed by atoms with Crippen molar-refractivity contribution in [1.29, 1.82) is 0 Å². The Balaban J connectivity index is 1.85. The fourth-order valence-corrected chi connectivity index (χ4v) is 1.60. The highest BCUT2D eigenvalue weighted by Gasteiger charge is 2.25. The summed E-state index contributed by atoms with van der Waals surface area (Å²) in [5.74, 6) is -0.359. The second kappa shape index (κ2) is 3.82. The van der Waals surface area contributed by atoms with Crippen molar-refractivity contribution in [3.05, 3.63) is 11.8 Å². The summed E-state index contributed by atoms with van der Waals surface area (Å²) in [5.41, 5.74) is 1.37. The van der Waals surface area contributed by atoms with Crippen LogP contribution in [0.4, 0.5) is 0 Å². The molecule has 0 aromatic heterocycles. The van der Waals surface area contributed by atoms with Crippen LogP contribution in [0, 0.1) is 0 Å². The standard InChI is InChI=1S/C10H14N2O2/c13-9-5-4-8(10(14)12-9)11-6-7-2-1-3-7/h6,8,11H,1-5H2,(H,12,13,14). The van der Waals surface area contributed by atoms with Gasteiger partial charge >= 0.3 is 0 Å². The van der Waals surface area contributed by atoms with Crippen molar-refractivity contribution < 1.29 is 9.59 Å². The van der Waals surface area contributed by atoms with Crippen LogP contribution in [-0.2, 0) is 9.59 Å². The molecule has 0 aromatic carbocycles. The van der Waals surface area contributed by atoms with Gasteiger partial charge in [0.1, 0.15) is 6.04 Å². The maximum atomic E-state index is 11.3. The highest BCUT2D eigenvalue weighted by atomic mass is 16.2. The minimum Gasteiger partial charge on any atom is -0.380 e. The smallest absolute Gasteiger partial charge is 0.249 e. The molecule has 2 N–H and O–H groups in total. The summed E-state index contributed by atoms with van der Waals surface area (Å²) in [6.45, 7) is 0. The van der Waals surface area contributed by atoms with E-state index in [4.69, 9.17) is 0 Å². The largest absolute Gasteiger partial charge is 0.380 e. The lowest BCUT2D eigenvalue weighted by molar-refractivity contribution is -0.134. The summed E-state index contributed by atoms with van der Waals surface area (Å²) in [6.07, 6.45) is 6.51. The van der Waals surface area contributed by atoms with Crippen LogP contribution in [0.15, 0.2) is 11.8 Å². The van der Waals surface area contributed by atoms with Gasteiger partial charge in [0.05, 0.1) is 0 Å². The molecule has 0 aromatic rings. The lowest BCUT2D eigenvalue weighted by atomic mass is 9.93. The quantitative estimate of drug-likeness (QED) is 0.627. The first-order valence-electron chi connectivity index (χ1n) is 5.03. The summed E-state index contributed by atoms with van der Waals surface area (Å²) < 4.78 is 0. The van der Waals surface area contributed by atoms with E-state index >= 15 is 0 Å². The molecular weight excluding hydrogens is 180 g/mol. The molecule has 0 bridgehead atoms. The van der Waals surface area contributed by atoms with Gasteiger partial charge in [-0.25, -0.2) is 0 Å². The monoisotopic (exact) mass is 194 g/mol. The minimum absolute atomic E-state index is 0.163. The van der Waals surface area contributed by atoms with Gasteiger partial charge < -0.3 is 5.32 Å². The Labute approximate surface area is 82.7 Å². The van der Waals surface area contributed by atoms with E-state index in [0.717, 1.165) is 12.8 Å². The van der Waals surface area contributed by atoms with E-state index in [1.807, 2.05) is 6.20 Å². The van der Waals surface area contributed by atoms with Crippen LogP contribution in [0.2, 0.25) is 0 Å². The zero-order valence-corrected chi connectivity index (χ0v) is 8.01. The Bertz CT molecular complexity index is 290. The Kier molecular flexibility index (Phi) is 2.52. The molecule has 4 nitrogen and oxygen atoms in total. The van der Waals surface area contributed by atoms with E-state index < -0.39 is 0 Å². The molecule has 2 rings (SSSR count). The van der Waals surface area contributed by atoms with Crippen LogP contribution >= 0.6 is 0 Å². The van der Waals surface area contributed by atoms with Crippen molar-refractivity contribution in [2.45, 2.75) is 38.1 Å². The van der Waals surface area contributed by atoms with Crippen LogP contribution in [0.25, 0.3) is 0 Å². The van der Waals surface area contributed by atoms with Crippen molar-refractivity contribution >= 4 is 11.8 Å². The molecule has 0 radical (unpaired) electrons. The van der Waals surface area contributed by atoms with E-state index in [2.05, 4.69) is 10.6 Å². The number of amides is 2. The van der Waals surface area contributed by atoms with Crippen LogP contribution < -0.4 is 10.6 Å². The Morgan fingerprint density at radius 3 is 2.64 bits per heavy atom. The number of rotatable bonds is 2. The summed E-state index contributed by atoms with van der Waals surface area (Å²) >= 11 is 0. The fourth-order valence-electron chi connectivity index (χ4n) is 1.60. The predicted octanol–water partition coefficient (Wildman–Crippen LogP) is 0.449. The number of imide groups is 1. The molecule has 14 heavy (non-hydrogen) atoms. The molecule has 1 unspecified atom stereocenters. The van der Waals surface area contributed by atoms with Gasteiger partial charge in [0.25, 0.3) is 0 Å². The van der Waals surface area contributed by atoms with Crippen LogP contribution in [0.3, 0.4) is 0 Å². The van der Waals surface area contributed by atoms with E-state index in [-0.39, 0.29) is 17.9 Å². The van der Waals surface area contributed by atoms with E-state index in [0.29, 0.717) is 12.8 Å². The Hall–Kier alpha value is -1.32.